The SMILES string of the molecule is CN(C(=O)CCC1CCN(Cc2ccccc2)CC1)c1ccc2c(c1)nc(CCc1ccc(C(=N)N)cc1)n2C.Cl.Cl. The highest BCUT2D eigenvalue weighted by Crippen LogP contribution is 2.26. The fraction of sp³-hybridized carbons (Fsp3) is 0.364. The number of nitrogens with two attached hydrogens (primary N) is 1. The van der Waals surface area contributed by atoms with E-state index < -0.39 is 0 Å². The van der Waals surface area contributed by atoms with Crippen molar-refractivity contribution < 1.29 is 4.79 Å². The Morgan fingerprint density at radius 1 is 0.976 bits per heavy atom. The highest BCUT2D eigenvalue weighted by Gasteiger charge is 2.21. The highest BCUT2D eigenvalue weighted by atomic mass is 35.5. The van der Waals surface area contributed by atoms with Crippen molar-refractivity contribution in [1.82, 2.24) is 14.5 Å². The predicted octanol–water partition coefficient (Wildman–Crippen LogP) is 6.14. The monoisotopic (exact) mass is 608 g/mol. The number of rotatable bonds is 10. The molecule has 224 valence electrons. The molecule has 9 heteroatoms. The van der Waals surface area contributed by atoms with Crippen LogP contribution in [0, 0.1) is 11.3 Å². The smallest absolute Gasteiger partial charge is 0.226 e. The van der Waals surface area contributed by atoms with Crippen molar-refractivity contribution in [1.29, 1.82) is 5.41 Å². The Hall–Kier alpha value is -3.39. The molecule has 3 N–H and O–H groups in total. The Balaban J connectivity index is 0.00000242. The summed E-state index contributed by atoms with van der Waals surface area (Å²) in [5.74, 6) is 1.87. The van der Waals surface area contributed by atoms with Crippen molar-refractivity contribution in [2.45, 2.75) is 45.1 Å². The topological polar surface area (TPSA) is 91.2 Å². The molecule has 1 aliphatic rings. The third-order valence-electron chi connectivity index (χ3n) is 8.34. The van der Waals surface area contributed by atoms with Crippen LogP contribution < -0.4 is 10.6 Å². The summed E-state index contributed by atoms with van der Waals surface area (Å²) in [6.45, 7) is 3.22. The molecule has 7 nitrogen and oxygen atoms in total. The molecule has 1 saturated heterocycles. The number of amides is 1. The first-order valence-electron chi connectivity index (χ1n) is 14.3. The number of piperidine rings is 1. The minimum absolute atomic E-state index is 0. The van der Waals surface area contributed by atoms with E-state index >= 15 is 0 Å². The van der Waals surface area contributed by atoms with Crippen LogP contribution in [0.4, 0.5) is 5.69 Å². The van der Waals surface area contributed by atoms with Gasteiger partial charge in [-0.3, -0.25) is 15.1 Å². The average Bonchev–Trinajstić information content (AvgIpc) is 3.30. The number of aryl methyl sites for hydroxylation is 3. The van der Waals surface area contributed by atoms with Crippen LogP contribution >= 0.6 is 24.8 Å². The van der Waals surface area contributed by atoms with Crippen molar-refractivity contribution in [3.05, 3.63) is 95.3 Å². The van der Waals surface area contributed by atoms with Crippen LogP contribution in [-0.2, 0) is 31.2 Å². The predicted molar refractivity (Wildman–Crippen MR) is 177 cm³/mol. The maximum absolute atomic E-state index is 13.1. The summed E-state index contributed by atoms with van der Waals surface area (Å²) in [6.07, 6.45) is 5.50. The number of carbonyl (C=O) groups excluding carboxylic acids is 1. The zero-order valence-corrected chi connectivity index (χ0v) is 26.1. The lowest BCUT2D eigenvalue weighted by Gasteiger charge is -2.32. The lowest BCUT2D eigenvalue weighted by atomic mass is 9.91. The van der Waals surface area contributed by atoms with E-state index in [0.717, 1.165) is 79.8 Å². The summed E-state index contributed by atoms with van der Waals surface area (Å²) in [7, 11) is 3.92. The van der Waals surface area contributed by atoms with Crippen molar-refractivity contribution >= 4 is 53.3 Å². The number of nitrogens with one attached hydrogen (secondary N) is 1. The van der Waals surface area contributed by atoms with Crippen LogP contribution in [-0.4, -0.2) is 46.3 Å². The molecule has 42 heavy (non-hydrogen) atoms. The molecule has 0 unspecified atom stereocenters. The second-order valence-electron chi connectivity index (χ2n) is 11.1. The molecule has 1 fully saturated rings. The minimum atomic E-state index is 0. The molecule has 1 amide bonds. The Kier molecular flexibility index (Phi) is 12.0. The fourth-order valence-electron chi connectivity index (χ4n) is 5.69. The van der Waals surface area contributed by atoms with Crippen LogP contribution in [0.3, 0.4) is 0 Å². The van der Waals surface area contributed by atoms with Gasteiger partial charge in [0, 0.05) is 44.7 Å². The number of anilines is 1. The lowest BCUT2D eigenvalue weighted by Crippen LogP contribution is -2.34. The van der Waals surface area contributed by atoms with Gasteiger partial charge in [0.25, 0.3) is 0 Å². The maximum Gasteiger partial charge on any atom is 0.226 e. The van der Waals surface area contributed by atoms with Gasteiger partial charge in [-0.2, -0.15) is 0 Å². The van der Waals surface area contributed by atoms with Gasteiger partial charge in [0.15, 0.2) is 0 Å². The number of likely N-dealkylation sites (tertiary alicyclic amines) is 1. The number of amidine groups is 1. The van der Waals surface area contributed by atoms with E-state index in [1.807, 2.05) is 50.5 Å². The summed E-state index contributed by atoms with van der Waals surface area (Å²) in [5, 5.41) is 7.55. The molecule has 1 aliphatic heterocycles. The molecular formula is C33H42Cl2N6O. The molecule has 1 aromatic heterocycles. The number of nitrogen functional groups attached to an aromatic ring is 1. The van der Waals surface area contributed by atoms with Crippen molar-refractivity contribution in [3.63, 3.8) is 0 Å². The molecule has 0 radical (unpaired) electrons. The standard InChI is InChI=1S/C33H40N6O.2ClH/c1-37(32(40)17-11-25-18-20-39(21-19-25)23-26-6-4-3-5-7-26)28-14-15-30-29(22-28)36-31(38(30)2)16-10-24-8-12-27(13-9-24)33(34)35;;/h3-9,12-15,22,25H,10-11,16-21,23H2,1-2H3,(H3,34,35);2*1H. The van der Waals surface area contributed by atoms with Crippen LogP contribution in [0.15, 0.2) is 72.8 Å². The number of halogens is 2. The molecule has 0 bridgehead atoms. The number of hydrogen-bond donors (Lipinski definition) is 2. The lowest BCUT2D eigenvalue weighted by molar-refractivity contribution is -0.118. The number of nitrogens with zero attached hydrogens (tertiary/aromatic N) is 4. The third kappa shape index (κ3) is 8.12. The number of benzene rings is 3. The summed E-state index contributed by atoms with van der Waals surface area (Å²) in [6, 6.07) is 24.6. The Labute approximate surface area is 261 Å². The zero-order valence-electron chi connectivity index (χ0n) is 24.5. The fourth-order valence-corrected chi connectivity index (χ4v) is 5.69. The van der Waals surface area contributed by atoms with Gasteiger partial charge in [0.05, 0.1) is 11.0 Å². The van der Waals surface area contributed by atoms with Gasteiger partial charge < -0.3 is 15.2 Å². The van der Waals surface area contributed by atoms with Gasteiger partial charge in [-0.1, -0.05) is 54.6 Å². The zero-order chi connectivity index (χ0) is 28.1. The normalized spacial score (nSPS) is 13.8. The number of hydrogen-bond acceptors (Lipinski definition) is 4. The van der Waals surface area contributed by atoms with Gasteiger partial charge in [-0.15, -0.1) is 24.8 Å². The molecule has 2 heterocycles. The van der Waals surface area contributed by atoms with Crippen LogP contribution in [0.2, 0.25) is 0 Å². The van der Waals surface area contributed by atoms with E-state index in [4.69, 9.17) is 16.1 Å². The van der Waals surface area contributed by atoms with Gasteiger partial charge in [-0.25, -0.2) is 4.98 Å². The summed E-state index contributed by atoms with van der Waals surface area (Å²) < 4.78 is 2.13. The number of imidazole rings is 1. The average molecular weight is 610 g/mol. The summed E-state index contributed by atoms with van der Waals surface area (Å²) in [4.78, 5) is 22.3. The first-order chi connectivity index (χ1) is 19.4. The van der Waals surface area contributed by atoms with Crippen molar-refractivity contribution in [2.24, 2.45) is 18.7 Å². The second kappa shape index (κ2) is 15.2. The first kappa shape index (κ1) is 33.1. The van der Waals surface area contributed by atoms with Gasteiger partial charge in [-0.05, 0) is 74.0 Å². The molecule has 4 aromatic rings. The van der Waals surface area contributed by atoms with Gasteiger partial charge in [0.1, 0.15) is 11.7 Å². The van der Waals surface area contributed by atoms with Gasteiger partial charge in [0.2, 0.25) is 5.91 Å². The molecule has 5 rings (SSSR count). The van der Waals surface area contributed by atoms with Crippen LogP contribution in [0.1, 0.15) is 48.2 Å². The Morgan fingerprint density at radius 2 is 1.67 bits per heavy atom. The number of fused-ring (bicyclic) bond motifs is 1. The molecule has 0 aliphatic carbocycles. The highest BCUT2D eigenvalue weighted by molar-refractivity contribution is 5.95. The maximum atomic E-state index is 13.1. The van der Waals surface area contributed by atoms with E-state index in [1.54, 1.807) is 4.90 Å². The van der Waals surface area contributed by atoms with Crippen LogP contribution in [0.25, 0.3) is 11.0 Å². The number of carbonyl (C=O) groups is 1. The third-order valence-corrected chi connectivity index (χ3v) is 8.34. The summed E-state index contributed by atoms with van der Waals surface area (Å²) >= 11 is 0. The van der Waals surface area contributed by atoms with E-state index in [0.29, 0.717) is 12.3 Å². The van der Waals surface area contributed by atoms with E-state index in [-0.39, 0.29) is 36.6 Å². The van der Waals surface area contributed by atoms with E-state index in [2.05, 4.69) is 45.9 Å². The van der Waals surface area contributed by atoms with Crippen molar-refractivity contribution in [2.75, 3.05) is 25.0 Å². The Bertz CT molecular complexity index is 1460. The largest absolute Gasteiger partial charge is 0.384 e. The van der Waals surface area contributed by atoms with Crippen LogP contribution in [0.5, 0.6) is 0 Å². The van der Waals surface area contributed by atoms with Gasteiger partial charge >= 0.3 is 0 Å². The van der Waals surface area contributed by atoms with E-state index in [9.17, 15) is 4.79 Å². The Morgan fingerprint density at radius 3 is 2.33 bits per heavy atom. The first-order valence-corrected chi connectivity index (χ1v) is 14.3. The number of aromatic nitrogens is 2. The molecule has 0 spiro atoms. The minimum Gasteiger partial charge on any atom is -0.384 e. The molecule has 3 aromatic carbocycles. The second-order valence-corrected chi connectivity index (χ2v) is 11.1. The quantitative estimate of drug-likeness (QED) is 0.167. The molecule has 0 atom stereocenters. The summed E-state index contributed by atoms with van der Waals surface area (Å²) in [5.41, 5.74) is 11.7. The molecule has 0 saturated carbocycles. The van der Waals surface area contributed by atoms with Crippen molar-refractivity contribution in [3.8, 4) is 0 Å². The van der Waals surface area contributed by atoms with E-state index in [1.165, 1.54) is 11.1 Å². The molecular weight excluding hydrogens is 567 g/mol.